The van der Waals surface area contributed by atoms with Gasteiger partial charge in [0.05, 0.1) is 6.10 Å². The zero-order chi connectivity index (χ0) is 12.1. The average molecular weight is 224 g/mol. The smallest absolute Gasteiger partial charge is 0.157 e. The minimum Gasteiger partial charge on any atom is -0.389 e. The maximum Gasteiger partial charge on any atom is 0.157 e. The molecule has 1 aromatic rings. The van der Waals surface area contributed by atoms with Crippen molar-refractivity contribution in [1.82, 2.24) is 9.97 Å². The van der Waals surface area contributed by atoms with Gasteiger partial charge in [-0.05, 0) is 20.3 Å². The van der Waals surface area contributed by atoms with E-state index in [1.807, 2.05) is 6.92 Å². The Kier molecular flexibility index (Phi) is 4.83. The van der Waals surface area contributed by atoms with Crippen molar-refractivity contribution in [3.63, 3.8) is 0 Å². The molecule has 0 aliphatic carbocycles. The minimum atomic E-state index is -0.527. The van der Waals surface area contributed by atoms with Crippen molar-refractivity contribution in [2.75, 3.05) is 7.11 Å². The highest BCUT2D eigenvalue weighted by Crippen LogP contribution is 2.21. The van der Waals surface area contributed by atoms with Crippen LogP contribution in [0.15, 0.2) is 6.20 Å². The molecule has 0 aromatic carbocycles. The lowest BCUT2D eigenvalue weighted by Gasteiger charge is -2.15. The van der Waals surface area contributed by atoms with Crippen LogP contribution in [0.3, 0.4) is 0 Å². The fourth-order valence-corrected chi connectivity index (χ4v) is 1.67. The molecule has 1 rings (SSSR count). The van der Waals surface area contributed by atoms with Gasteiger partial charge in [0.25, 0.3) is 0 Å². The molecule has 4 nitrogen and oxygen atoms in total. The summed E-state index contributed by atoms with van der Waals surface area (Å²) < 4.78 is 5.34. The highest BCUT2D eigenvalue weighted by atomic mass is 16.5. The average Bonchev–Trinajstić information content (AvgIpc) is 2.25. The third kappa shape index (κ3) is 3.00. The Hall–Kier alpha value is -1.00. The number of hydrogen-bond donors (Lipinski definition) is 1. The summed E-state index contributed by atoms with van der Waals surface area (Å²) in [5.74, 6) is 0.700. The second-order valence-corrected chi connectivity index (χ2v) is 3.96. The number of hydrogen-bond acceptors (Lipinski definition) is 4. The van der Waals surface area contributed by atoms with E-state index in [1.54, 1.807) is 20.2 Å². The van der Waals surface area contributed by atoms with E-state index >= 15 is 0 Å². The van der Waals surface area contributed by atoms with Crippen LogP contribution < -0.4 is 0 Å². The molecule has 0 amide bonds. The Morgan fingerprint density at radius 3 is 2.62 bits per heavy atom. The topological polar surface area (TPSA) is 55.2 Å². The summed E-state index contributed by atoms with van der Waals surface area (Å²) in [6, 6.07) is 0. The van der Waals surface area contributed by atoms with Crippen LogP contribution in [0.2, 0.25) is 0 Å². The maximum absolute atomic E-state index is 9.48. The lowest BCUT2D eigenvalue weighted by atomic mass is 10.1. The molecule has 0 bridgehead atoms. The largest absolute Gasteiger partial charge is 0.389 e. The van der Waals surface area contributed by atoms with Crippen molar-refractivity contribution in [1.29, 1.82) is 0 Å². The normalized spacial score (nSPS) is 14.8. The van der Waals surface area contributed by atoms with Gasteiger partial charge in [-0.3, -0.25) is 0 Å². The molecule has 1 unspecified atom stereocenters. The number of rotatable bonds is 5. The fraction of sp³-hybridized carbons (Fsp3) is 0.667. The summed E-state index contributed by atoms with van der Waals surface area (Å²) >= 11 is 0. The van der Waals surface area contributed by atoms with Crippen LogP contribution in [0.25, 0.3) is 0 Å². The number of methoxy groups -OCH3 is 1. The molecule has 0 saturated heterocycles. The molecular formula is C12H20N2O2. The highest BCUT2D eigenvalue weighted by Gasteiger charge is 2.15. The number of aliphatic hydroxyl groups excluding tert-OH is 1. The predicted octanol–water partition coefficient (Wildman–Crippen LogP) is 2.33. The van der Waals surface area contributed by atoms with E-state index in [1.165, 1.54) is 0 Å². The molecule has 1 aromatic heterocycles. The van der Waals surface area contributed by atoms with E-state index < -0.39 is 6.10 Å². The molecule has 0 aliphatic heterocycles. The number of aromatic nitrogens is 2. The number of aliphatic hydroxyl groups is 1. The SMILES string of the molecule is CCCC(OC)c1ncc([C@@H](C)O)c(C)n1. The molecule has 1 N–H and O–H groups in total. The van der Waals surface area contributed by atoms with Crippen LogP contribution in [0.5, 0.6) is 0 Å². The van der Waals surface area contributed by atoms with Crippen molar-refractivity contribution in [2.24, 2.45) is 0 Å². The second kappa shape index (κ2) is 5.92. The van der Waals surface area contributed by atoms with Crippen LogP contribution in [0.1, 0.15) is 56.0 Å². The zero-order valence-electron chi connectivity index (χ0n) is 10.4. The van der Waals surface area contributed by atoms with E-state index in [4.69, 9.17) is 4.74 Å². The van der Waals surface area contributed by atoms with Crippen LogP contribution in [-0.4, -0.2) is 22.2 Å². The van der Waals surface area contributed by atoms with Gasteiger partial charge in [0.15, 0.2) is 5.82 Å². The van der Waals surface area contributed by atoms with Crippen LogP contribution in [0, 0.1) is 6.92 Å². The first-order valence-electron chi connectivity index (χ1n) is 5.64. The molecule has 4 heteroatoms. The molecule has 90 valence electrons. The predicted molar refractivity (Wildman–Crippen MR) is 62.1 cm³/mol. The molecular weight excluding hydrogens is 204 g/mol. The quantitative estimate of drug-likeness (QED) is 0.834. The summed E-state index contributed by atoms with van der Waals surface area (Å²) in [7, 11) is 1.67. The lowest BCUT2D eigenvalue weighted by molar-refractivity contribution is 0.0871. The summed E-state index contributed by atoms with van der Waals surface area (Å²) in [4.78, 5) is 8.64. The van der Waals surface area contributed by atoms with Gasteiger partial charge >= 0.3 is 0 Å². The van der Waals surface area contributed by atoms with Gasteiger partial charge in [0.1, 0.15) is 6.10 Å². The number of nitrogens with zero attached hydrogens (tertiary/aromatic N) is 2. The lowest BCUT2D eigenvalue weighted by Crippen LogP contribution is -2.09. The van der Waals surface area contributed by atoms with Gasteiger partial charge < -0.3 is 9.84 Å². The Balaban J connectivity index is 2.95. The Morgan fingerprint density at radius 2 is 2.19 bits per heavy atom. The summed E-state index contributed by atoms with van der Waals surface area (Å²) in [6.45, 7) is 5.69. The molecule has 16 heavy (non-hydrogen) atoms. The fourth-order valence-electron chi connectivity index (χ4n) is 1.67. The second-order valence-electron chi connectivity index (χ2n) is 3.96. The molecule has 0 saturated carbocycles. The minimum absolute atomic E-state index is 0.0493. The third-order valence-corrected chi connectivity index (χ3v) is 2.61. The van der Waals surface area contributed by atoms with E-state index in [2.05, 4.69) is 16.9 Å². The molecule has 0 fully saturated rings. The van der Waals surface area contributed by atoms with Gasteiger partial charge in [0, 0.05) is 24.6 Å². The molecule has 1 heterocycles. The van der Waals surface area contributed by atoms with E-state index in [-0.39, 0.29) is 6.10 Å². The van der Waals surface area contributed by atoms with E-state index in [0.29, 0.717) is 5.82 Å². The Bertz CT molecular complexity index is 340. The number of aryl methyl sites for hydroxylation is 1. The zero-order valence-corrected chi connectivity index (χ0v) is 10.4. The van der Waals surface area contributed by atoms with Crippen molar-refractivity contribution < 1.29 is 9.84 Å². The summed E-state index contributed by atoms with van der Waals surface area (Å²) in [5, 5.41) is 9.48. The summed E-state index contributed by atoms with van der Waals surface area (Å²) in [6.07, 6.45) is 3.04. The number of ether oxygens (including phenoxy) is 1. The molecule has 0 aliphatic rings. The molecule has 2 atom stereocenters. The van der Waals surface area contributed by atoms with Crippen LogP contribution >= 0.6 is 0 Å². The molecule has 0 radical (unpaired) electrons. The van der Waals surface area contributed by atoms with Gasteiger partial charge in [-0.25, -0.2) is 9.97 Å². The van der Waals surface area contributed by atoms with Gasteiger partial charge in [0.2, 0.25) is 0 Å². The van der Waals surface area contributed by atoms with Crippen molar-refractivity contribution in [3.8, 4) is 0 Å². The van der Waals surface area contributed by atoms with Crippen molar-refractivity contribution in [3.05, 3.63) is 23.3 Å². The summed E-state index contributed by atoms with van der Waals surface area (Å²) in [5.41, 5.74) is 1.59. The van der Waals surface area contributed by atoms with E-state index in [0.717, 1.165) is 24.1 Å². The van der Waals surface area contributed by atoms with Gasteiger partial charge in [-0.2, -0.15) is 0 Å². The van der Waals surface area contributed by atoms with Crippen molar-refractivity contribution >= 4 is 0 Å². The monoisotopic (exact) mass is 224 g/mol. The van der Waals surface area contributed by atoms with Crippen LogP contribution in [-0.2, 0) is 4.74 Å². The van der Waals surface area contributed by atoms with Crippen molar-refractivity contribution in [2.45, 2.75) is 45.8 Å². The Morgan fingerprint density at radius 1 is 1.50 bits per heavy atom. The van der Waals surface area contributed by atoms with Gasteiger partial charge in [-0.1, -0.05) is 13.3 Å². The first-order chi connectivity index (χ1) is 7.60. The van der Waals surface area contributed by atoms with E-state index in [9.17, 15) is 5.11 Å². The first-order valence-corrected chi connectivity index (χ1v) is 5.64. The molecule has 0 spiro atoms. The van der Waals surface area contributed by atoms with Crippen LogP contribution in [0.4, 0.5) is 0 Å². The standard InChI is InChI=1S/C12H20N2O2/c1-5-6-11(16-4)12-13-7-10(9(3)15)8(2)14-12/h7,9,11,15H,5-6H2,1-4H3/t9-,11?/m1/s1. The highest BCUT2D eigenvalue weighted by molar-refractivity contribution is 5.18. The Labute approximate surface area is 96.7 Å². The maximum atomic E-state index is 9.48. The third-order valence-electron chi connectivity index (χ3n) is 2.61. The first kappa shape index (κ1) is 13.1. The van der Waals surface area contributed by atoms with Gasteiger partial charge in [-0.15, -0.1) is 0 Å².